The topological polar surface area (TPSA) is 83.7 Å². The quantitative estimate of drug-likeness (QED) is 0.421. The molecule has 4 aromatic rings. The highest BCUT2D eigenvalue weighted by atomic mass is 16.2. The highest BCUT2D eigenvalue weighted by Gasteiger charge is 2.08. The van der Waals surface area contributed by atoms with Crippen molar-refractivity contribution in [2.75, 3.05) is 30.4 Å². The van der Waals surface area contributed by atoms with E-state index >= 15 is 0 Å². The lowest BCUT2D eigenvalue weighted by molar-refractivity contribution is 0.252. The summed E-state index contributed by atoms with van der Waals surface area (Å²) in [6, 6.07) is 22.7. The van der Waals surface area contributed by atoms with Gasteiger partial charge in [0.2, 0.25) is 0 Å². The number of hydrogen-bond acceptors (Lipinski definition) is 4. The zero-order valence-corrected chi connectivity index (χ0v) is 17.9. The van der Waals surface area contributed by atoms with Gasteiger partial charge >= 0.3 is 11.7 Å². The van der Waals surface area contributed by atoms with Gasteiger partial charge in [-0.25, -0.2) is 14.3 Å². The minimum Gasteiger partial charge on any atom is -0.375 e. The first kappa shape index (κ1) is 21.2. The molecule has 32 heavy (non-hydrogen) atoms. The molecule has 0 unspecified atom stereocenters. The number of carbonyl (C=O) groups is 1. The maximum atomic E-state index is 12.5. The number of para-hydroxylation sites is 1. The number of rotatable bonds is 8. The Morgan fingerprint density at radius 1 is 1.03 bits per heavy atom. The predicted molar refractivity (Wildman–Crippen MR) is 126 cm³/mol. The largest absolute Gasteiger partial charge is 0.375 e. The molecule has 0 aliphatic carbocycles. The van der Waals surface area contributed by atoms with Crippen LogP contribution in [0.4, 0.5) is 16.2 Å². The van der Waals surface area contributed by atoms with Crippen LogP contribution < -0.4 is 21.2 Å². The number of benzene rings is 2. The van der Waals surface area contributed by atoms with Crippen molar-refractivity contribution in [3.8, 4) is 0 Å². The van der Waals surface area contributed by atoms with Crippen molar-refractivity contribution >= 4 is 23.1 Å². The molecule has 2 aromatic carbocycles. The van der Waals surface area contributed by atoms with Crippen LogP contribution in [-0.2, 0) is 6.54 Å². The van der Waals surface area contributed by atoms with Crippen molar-refractivity contribution < 1.29 is 4.79 Å². The lowest BCUT2D eigenvalue weighted by atomic mass is 10.2. The smallest absolute Gasteiger partial charge is 0.350 e. The number of nitrogens with zero attached hydrogens (tertiary/aromatic N) is 4. The van der Waals surface area contributed by atoms with E-state index < -0.39 is 0 Å². The predicted octanol–water partition coefficient (Wildman–Crippen LogP) is 3.19. The Labute approximate surface area is 186 Å². The van der Waals surface area contributed by atoms with Gasteiger partial charge in [0, 0.05) is 37.7 Å². The van der Waals surface area contributed by atoms with Gasteiger partial charge in [-0.05, 0) is 48.4 Å². The molecule has 8 nitrogen and oxygen atoms in total. The number of amides is 2. The van der Waals surface area contributed by atoms with E-state index in [1.54, 1.807) is 18.3 Å². The van der Waals surface area contributed by atoms with Crippen molar-refractivity contribution in [2.24, 2.45) is 0 Å². The summed E-state index contributed by atoms with van der Waals surface area (Å²) >= 11 is 0. The highest BCUT2D eigenvalue weighted by Crippen LogP contribution is 2.12. The molecule has 2 aromatic heterocycles. The van der Waals surface area contributed by atoms with E-state index in [1.165, 1.54) is 9.08 Å². The van der Waals surface area contributed by atoms with E-state index in [0.29, 0.717) is 24.4 Å². The first-order valence-corrected chi connectivity index (χ1v) is 10.5. The molecule has 0 radical (unpaired) electrons. The van der Waals surface area contributed by atoms with Crippen molar-refractivity contribution in [3.63, 3.8) is 0 Å². The van der Waals surface area contributed by atoms with Crippen LogP contribution in [0.5, 0.6) is 0 Å². The molecular weight excluding hydrogens is 404 g/mol. The number of hydrogen-bond donors (Lipinski definition) is 2. The number of pyridine rings is 1. The second-order valence-corrected chi connectivity index (χ2v) is 7.56. The monoisotopic (exact) mass is 430 g/mol. The van der Waals surface area contributed by atoms with E-state index in [-0.39, 0.29) is 11.7 Å². The van der Waals surface area contributed by atoms with Crippen molar-refractivity contribution in [1.29, 1.82) is 0 Å². The maximum absolute atomic E-state index is 12.5. The van der Waals surface area contributed by atoms with Crippen LogP contribution in [-0.4, -0.2) is 40.3 Å². The van der Waals surface area contributed by atoms with Gasteiger partial charge in [-0.15, -0.1) is 5.10 Å². The number of aromatic nitrogens is 3. The second kappa shape index (κ2) is 9.82. The summed E-state index contributed by atoms with van der Waals surface area (Å²) in [5, 5.41) is 10.1. The molecule has 0 spiro atoms. The third kappa shape index (κ3) is 5.15. The van der Waals surface area contributed by atoms with Crippen LogP contribution in [0.1, 0.15) is 12.0 Å². The molecule has 2 amide bonds. The van der Waals surface area contributed by atoms with E-state index in [9.17, 15) is 9.59 Å². The lowest BCUT2D eigenvalue weighted by Crippen LogP contribution is -2.31. The summed E-state index contributed by atoms with van der Waals surface area (Å²) in [6.45, 7) is 1.73. The minimum absolute atomic E-state index is 0.197. The van der Waals surface area contributed by atoms with Gasteiger partial charge in [0.25, 0.3) is 0 Å². The summed E-state index contributed by atoms with van der Waals surface area (Å²) in [5.41, 5.74) is 3.09. The van der Waals surface area contributed by atoms with Crippen molar-refractivity contribution in [1.82, 2.24) is 19.5 Å². The zero-order chi connectivity index (χ0) is 22.3. The van der Waals surface area contributed by atoms with Gasteiger partial charge in [0.15, 0.2) is 5.65 Å². The summed E-state index contributed by atoms with van der Waals surface area (Å²) < 4.78 is 2.92. The lowest BCUT2D eigenvalue weighted by Gasteiger charge is -2.19. The normalized spacial score (nSPS) is 10.8. The Morgan fingerprint density at radius 3 is 2.66 bits per heavy atom. The fourth-order valence-corrected chi connectivity index (χ4v) is 3.50. The molecule has 0 saturated heterocycles. The van der Waals surface area contributed by atoms with Crippen LogP contribution in [0.3, 0.4) is 0 Å². The highest BCUT2D eigenvalue weighted by molar-refractivity contribution is 5.89. The molecular formula is C24H26N6O2. The van der Waals surface area contributed by atoms with Crippen molar-refractivity contribution in [2.45, 2.75) is 13.0 Å². The SMILES string of the molecule is CN(CCCNC(=O)Nc1cccc(Cn2nc3ccccn3c2=O)c1)c1ccccc1. The summed E-state index contributed by atoms with van der Waals surface area (Å²) in [5.74, 6) is 0. The number of anilines is 2. The van der Waals surface area contributed by atoms with Crippen LogP contribution in [0.25, 0.3) is 5.65 Å². The Kier molecular flexibility index (Phi) is 6.50. The average Bonchev–Trinajstić information content (AvgIpc) is 3.12. The first-order chi connectivity index (χ1) is 15.6. The molecule has 0 aliphatic rings. The maximum Gasteiger partial charge on any atom is 0.350 e. The van der Waals surface area contributed by atoms with Gasteiger partial charge in [-0.3, -0.25) is 4.40 Å². The molecule has 0 aliphatic heterocycles. The molecule has 0 bridgehead atoms. The Bertz CT molecular complexity index is 1250. The Morgan fingerprint density at radius 2 is 1.84 bits per heavy atom. The van der Waals surface area contributed by atoms with Crippen molar-refractivity contribution in [3.05, 3.63) is 95.0 Å². The van der Waals surface area contributed by atoms with Gasteiger partial charge in [-0.2, -0.15) is 0 Å². The molecule has 0 atom stereocenters. The number of nitrogens with one attached hydrogen (secondary N) is 2. The van der Waals surface area contributed by atoms with E-state index in [1.807, 2.05) is 55.6 Å². The van der Waals surface area contributed by atoms with Gasteiger partial charge < -0.3 is 15.5 Å². The summed E-state index contributed by atoms with van der Waals surface area (Å²) in [6.07, 6.45) is 2.52. The van der Waals surface area contributed by atoms with Gasteiger partial charge in [0.1, 0.15) is 0 Å². The van der Waals surface area contributed by atoms with Crippen LogP contribution in [0.2, 0.25) is 0 Å². The number of carbonyl (C=O) groups excluding carboxylic acids is 1. The summed E-state index contributed by atoms with van der Waals surface area (Å²) in [7, 11) is 2.04. The van der Waals surface area contributed by atoms with Gasteiger partial charge in [-0.1, -0.05) is 36.4 Å². The van der Waals surface area contributed by atoms with E-state index in [0.717, 1.165) is 24.2 Å². The van der Waals surface area contributed by atoms with Crippen LogP contribution >= 0.6 is 0 Å². The number of fused-ring (bicyclic) bond motifs is 1. The van der Waals surface area contributed by atoms with E-state index in [4.69, 9.17) is 0 Å². The minimum atomic E-state index is -0.255. The summed E-state index contributed by atoms with van der Waals surface area (Å²) in [4.78, 5) is 26.9. The molecule has 164 valence electrons. The van der Waals surface area contributed by atoms with Crippen LogP contribution in [0.15, 0.2) is 83.8 Å². The molecule has 2 heterocycles. The molecule has 0 saturated carbocycles. The second-order valence-electron chi connectivity index (χ2n) is 7.56. The number of urea groups is 1. The van der Waals surface area contributed by atoms with E-state index in [2.05, 4.69) is 32.8 Å². The third-order valence-corrected chi connectivity index (χ3v) is 5.16. The average molecular weight is 431 g/mol. The third-order valence-electron chi connectivity index (χ3n) is 5.16. The molecule has 0 fully saturated rings. The van der Waals surface area contributed by atoms with Gasteiger partial charge in [0.05, 0.1) is 6.54 Å². The first-order valence-electron chi connectivity index (χ1n) is 10.5. The zero-order valence-electron chi connectivity index (χ0n) is 17.9. The van der Waals surface area contributed by atoms with Crippen LogP contribution in [0, 0.1) is 0 Å². The standard InChI is InChI=1S/C24H26N6O2/c1-28(21-11-3-2-4-12-21)15-8-14-25-23(31)26-20-10-7-9-19(17-20)18-30-24(32)29-16-6-5-13-22(29)27-30/h2-7,9-13,16-17H,8,14-15,18H2,1H3,(H2,25,26,31). The fourth-order valence-electron chi connectivity index (χ4n) is 3.50. The molecule has 2 N–H and O–H groups in total. The fraction of sp³-hybridized carbons (Fsp3) is 0.208. The Balaban J connectivity index is 1.28. The molecule has 4 rings (SSSR count). The molecule has 8 heteroatoms. The Hall–Kier alpha value is -4.07.